The van der Waals surface area contributed by atoms with Crippen LogP contribution in [0.15, 0.2) is 18.2 Å². The predicted octanol–water partition coefficient (Wildman–Crippen LogP) is 0.741. The van der Waals surface area contributed by atoms with Crippen molar-refractivity contribution in [3.8, 4) is 5.75 Å². The van der Waals surface area contributed by atoms with Crippen molar-refractivity contribution in [1.82, 2.24) is 4.98 Å². The molecule has 0 amide bonds. The van der Waals surface area contributed by atoms with Crippen LogP contribution in [-0.2, 0) is 0 Å². The van der Waals surface area contributed by atoms with Gasteiger partial charge in [-0.05, 0) is 0 Å². The number of aromatic carboxylic acids is 1. The van der Waals surface area contributed by atoms with E-state index in [2.05, 4.69) is 4.98 Å². The van der Waals surface area contributed by atoms with Crippen molar-refractivity contribution in [1.29, 1.82) is 0 Å². The third-order valence-corrected chi connectivity index (χ3v) is 3.58. The molecule has 0 aliphatic rings. The Balaban J connectivity index is 2.90. The zero-order valence-electron chi connectivity index (χ0n) is 8.48. The fraction of sp³-hybridized carbons (Fsp3) is 0.0909. The molecule has 16 heavy (non-hydrogen) atoms. The standard InChI is InChI=1S/C11H8NO3.Pb/c1-6-7-4-2-3-5-8(7)10(13)9(12-6)11(14)15;/h3-5,13H,1H3,(H,14,15);. The molecule has 1 aromatic heterocycles. The summed E-state index contributed by atoms with van der Waals surface area (Å²) in [5, 5.41) is 20.1. The number of aryl methyl sites for hydroxylation is 1. The van der Waals surface area contributed by atoms with Gasteiger partial charge in [0.2, 0.25) is 0 Å². The third-order valence-electron chi connectivity index (χ3n) is 2.37. The second-order valence-electron chi connectivity index (χ2n) is 3.46. The number of pyridine rings is 1. The molecular weight excluding hydrogens is 401 g/mol. The van der Waals surface area contributed by atoms with Gasteiger partial charge in [0.15, 0.2) is 0 Å². The second-order valence-corrected chi connectivity index (χ2v) is 5.70. The van der Waals surface area contributed by atoms with Gasteiger partial charge in [-0.2, -0.15) is 0 Å². The number of aromatic hydroxyl groups is 1. The molecule has 0 unspecified atom stereocenters. The van der Waals surface area contributed by atoms with E-state index in [1.165, 1.54) is 3.12 Å². The van der Waals surface area contributed by atoms with Crippen LogP contribution in [0, 0.1) is 6.92 Å². The van der Waals surface area contributed by atoms with Gasteiger partial charge in [-0.3, -0.25) is 0 Å². The van der Waals surface area contributed by atoms with E-state index in [0.717, 1.165) is 31.2 Å². The number of fused-ring (bicyclic) bond motifs is 1. The number of benzene rings is 1. The number of aromatic nitrogens is 1. The number of nitrogens with zero attached hydrogens (tertiary/aromatic N) is 1. The van der Waals surface area contributed by atoms with Gasteiger partial charge in [0.1, 0.15) is 0 Å². The molecule has 0 fully saturated rings. The normalized spacial score (nSPS) is 10.6. The van der Waals surface area contributed by atoms with Crippen molar-refractivity contribution in [3.05, 3.63) is 29.6 Å². The van der Waals surface area contributed by atoms with E-state index in [-0.39, 0.29) is 11.4 Å². The molecule has 1 aromatic carbocycles. The van der Waals surface area contributed by atoms with E-state index in [1.54, 1.807) is 13.0 Å². The molecule has 79 valence electrons. The molecule has 0 saturated heterocycles. The van der Waals surface area contributed by atoms with Gasteiger partial charge in [0.25, 0.3) is 0 Å². The first kappa shape index (κ1) is 11.3. The molecule has 0 aliphatic heterocycles. The molecule has 0 bridgehead atoms. The van der Waals surface area contributed by atoms with Crippen molar-refractivity contribution >= 4 is 45.6 Å². The molecule has 0 saturated carbocycles. The molecule has 2 rings (SSSR count). The molecule has 4 nitrogen and oxygen atoms in total. The minimum absolute atomic E-state index is 0.255. The van der Waals surface area contributed by atoms with E-state index in [4.69, 9.17) is 5.11 Å². The molecule has 0 atom stereocenters. The quantitative estimate of drug-likeness (QED) is 0.682. The molecule has 2 N–H and O–H groups in total. The van der Waals surface area contributed by atoms with E-state index >= 15 is 0 Å². The predicted molar refractivity (Wildman–Crippen MR) is 60.5 cm³/mol. The van der Waals surface area contributed by atoms with Gasteiger partial charge >= 0.3 is 108 Å². The maximum absolute atomic E-state index is 10.9. The van der Waals surface area contributed by atoms with Crippen LogP contribution < -0.4 is 3.12 Å². The Labute approximate surface area is 108 Å². The Morgan fingerprint density at radius 3 is 2.69 bits per heavy atom. The minimum atomic E-state index is -1.21. The van der Waals surface area contributed by atoms with Gasteiger partial charge in [-0.25, -0.2) is 0 Å². The Hall–Kier alpha value is -1.18. The van der Waals surface area contributed by atoms with Gasteiger partial charge in [-0.15, -0.1) is 0 Å². The summed E-state index contributed by atoms with van der Waals surface area (Å²) in [5.41, 5.74) is 0.342. The third kappa shape index (κ3) is 1.77. The zero-order chi connectivity index (χ0) is 11.9. The van der Waals surface area contributed by atoms with Crippen molar-refractivity contribution in [2.45, 2.75) is 6.92 Å². The van der Waals surface area contributed by atoms with Crippen LogP contribution in [0.2, 0.25) is 0 Å². The molecule has 5 heteroatoms. The molecule has 1 heterocycles. The van der Waals surface area contributed by atoms with E-state index < -0.39 is 5.97 Å². The molecular formula is C11H8NO3Pb. The summed E-state index contributed by atoms with van der Waals surface area (Å²) in [6.45, 7) is 1.75. The van der Waals surface area contributed by atoms with Gasteiger partial charge in [-0.1, -0.05) is 0 Å². The molecule has 2 aromatic rings. The van der Waals surface area contributed by atoms with Crippen molar-refractivity contribution in [2.75, 3.05) is 0 Å². The first-order chi connectivity index (χ1) is 7.50. The Kier molecular flexibility index (Phi) is 2.83. The Bertz CT molecular complexity index is 595. The summed E-state index contributed by atoms with van der Waals surface area (Å²) in [7, 11) is 0. The summed E-state index contributed by atoms with van der Waals surface area (Å²) in [6.07, 6.45) is 0. The number of carbonyl (C=O) groups is 1. The van der Waals surface area contributed by atoms with Crippen LogP contribution >= 0.6 is 0 Å². The molecule has 3 radical (unpaired) electrons. The number of hydrogen-bond donors (Lipinski definition) is 2. The van der Waals surface area contributed by atoms with Crippen molar-refractivity contribution < 1.29 is 15.0 Å². The number of carboxylic acid groups (broad SMARTS) is 1. The summed E-state index contributed by atoms with van der Waals surface area (Å²) >= 11 is 0.908. The molecule has 0 spiro atoms. The number of carboxylic acids is 1. The Morgan fingerprint density at radius 2 is 2.06 bits per heavy atom. The summed E-state index contributed by atoms with van der Waals surface area (Å²) in [6, 6.07) is 5.57. The fourth-order valence-electron chi connectivity index (χ4n) is 1.61. The Morgan fingerprint density at radius 1 is 1.38 bits per heavy atom. The first-order valence-corrected chi connectivity index (χ1v) is 6.53. The van der Waals surface area contributed by atoms with Gasteiger partial charge in [0, 0.05) is 0 Å². The SMILES string of the molecule is Cc1nc(C(=O)O)c(O)c2cc[c]([Pb])cc12. The number of hydrogen-bond acceptors (Lipinski definition) is 3. The van der Waals surface area contributed by atoms with Crippen LogP contribution in [0.1, 0.15) is 16.2 Å². The summed E-state index contributed by atoms with van der Waals surface area (Å²) < 4.78 is 1.18. The summed E-state index contributed by atoms with van der Waals surface area (Å²) in [4.78, 5) is 14.8. The monoisotopic (exact) mass is 410 g/mol. The first-order valence-electron chi connectivity index (χ1n) is 4.59. The number of rotatable bonds is 1. The van der Waals surface area contributed by atoms with Gasteiger partial charge in [0.05, 0.1) is 0 Å². The molecule has 0 aliphatic carbocycles. The van der Waals surface area contributed by atoms with Crippen LogP contribution in [0.4, 0.5) is 0 Å². The van der Waals surface area contributed by atoms with E-state index in [0.29, 0.717) is 11.1 Å². The van der Waals surface area contributed by atoms with Crippen LogP contribution in [0.25, 0.3) is 10.8 Å². The summed E-state index contributed by atoms with van der Waals surface area (Å²) in [5.74, 6) is -1.47. The second kappa shape index (κ2) is 4.00. The van der Waals surface area contributed by atoms with Crippen molar-refractivity contribution in [2.24, 2.45) is 0 Å². The fourth-order valence-corrected chi connectivity index (χ4v) is 2.49. The van der Waals surface area contributed by atoms with Crippen molar-refractivity contribution in [3.63, 3.8) is 0 Å². The average Bonchev–Trinajstić information content (AvgIpc) is 2.22. The maximum atomic E-state index is 10.9. The topological polar surface area (TPSA) is 70.4 Å². The van der Waals surface area contributed by atoms with E-state index in [9.17, 15) is 9.90 Å². The zero-order valence-corrected chi connectivity index (χ0v) is 12.4. The van der Waals surface area contributed by atoms with Crippen LogP contribution in [-0.4, -0.2) is 46.9 Å². The van der Waals surface area contributed by atoms with Crippen LogP contribution in [0.5, 0.6) is 5.75 Å². The van der Waals surface area contributed by atoms with Crippen LogP contribution in [0.3, 0.4) is 0 Å². The van der Waals surface area contributed by atoms with Gasteiger partial charge < -0.3 is 0 Å². The van der Waals surface area contributed by atoms with E-state index in [1.807, 2.05) is 12.1 Å². The average molecular weight is 409 g/mol.